The Kier molecular flexibility index (Phi) is 5.03. The third-order valence-electron chi connectivity index (χ3n) is 4.49. The minimum absolute atomic E-state index is 0.0501. The van der Waals surface area contributed by atoms with Crippen LogP contribution >= 0.6 is 22.9 Å². The molecule has 2 aliphatic rings. The molecule has 0 saturated carbocycles. The smallest absolute Gasteiger partial charge is 0.317 e. The van der Waals surface area contributed by atoms with E-state index >= 15 is 0 Å². The number of carbonyl (C=O) groups excluding carboxylic acids is 1. The van der Waals surface area contributed by atoms with Gasteiger partial charge in [-0.3, -0.25) is 0 Å². The van der Waals surface area contributed by atoms with E-state index in [-0.39, 0.29) is 6.03 Å². The molecule has 1 aromatic rings. The molecule has 0 spiro atoms. The van der Waals surface area contributed by atoms with Crippen molar-refractivity contribution in [2.45, 2.75) is 25.8 Å². The van der Waals surface area contributed by atoms with Crippen molar-refractivity contribution in [2.24, 2.45) is 11.8 Å². The number of halogens is 1. The van der Waals surface area contributed by atoms with Crippen LogP contribution in [0, 0.1) is 11.8 Å². The van der Waals surface area contributed by atoms with E-state index in [1.807, 2.05) is 17.0 Å². The van der Waals surface area contributed by atoms with Crippen LogP contribution in [0.2, 0.25) is 4.34 Å². The van der Waals surface area contributed by atoms with E-state index in [2.05, 4.69) is 5.32 Å². The van der Waals surface area contributed by atoms with Crippen LogP contribution in [0.25, 0.3) is 0 Å². The second kappa shape index (κ2) is 6.99. The van der Waals surface area contributed by atoms with Gasteiger partial charge in [-0.15, -0.1) is 11.3 Å². The zero-order chi connectivity index (χ0) is 14.7. The SMILES string of the molecule is O=C(NCc1ccc(Cl)s1)N1CC[C@@H](C2CCOCC2)C1. The summed E-state index contributed by atoms with van der Waals surface area (Å²) in [4.78, 5) is 15.3. The van der Waals surface area contributed by atoms with Gasteiger partial charge in [-0.05, 0) is 43.2 Å². The van der Waals surface area contributed by atoms with Gasteiger partial charge in [-0.1, -0.05) is 11.6 Å². The van der Waals surface area contributed by atoms with Crippen molar-refractivity contribution in [2.75, 3.05) is 26.3 Å². The van der Waals surface area contributed by atoms with Gasteiger partial charge in [0.1, 0.15) is 0 Å². The molecule has 2 aliphatic heterocycles. The summed E-state index contributed by atoms with van der Waals surface area (Å²) < 4.78 is 6.18. The first-order valence-electron chi connectivity index (χ1n) is 7.57. The summed E-state index contributed by atoms with van der Waals surface area (Å²) in [5.41, 5.74) is 0. The van der Waals surface area contributed by atoms with Crippen LogP contribution in [0.3, 0.4) is 0 Å². The number of carbonyl (C=O) groups is 1. The summed E-state index contributed by atoms with van der Waals surface area (Å²) in [6.45, 7) is 4.09. The van der Waals surface area contributed by atoms with Crippen molar-refractivity contribution in [1.29, 1.82) is 0 Å². The number of likely N-dealkylation sites (tertiary alicyclic amines) is 1. The third kappa shape index (κ3) is 3.90. The lowest BCUT2D eigenvalue weighted by Crippen LogP contribution is -2.38. The number of ether oxygens (including phenoxy) is 1. The summed E-state index contributed by atoms with van der Waals surface area (Å²) in [5.74, 6) is 1.38. The van der Waals surface area contributed by atoms with E-state index in [9.17, 15) is 4.79 Å². The van der Waals surface area contributed by atoms with E-state index < -0.39 is 0 Å². The lowest BCUT2D eigenvalue weighted by Gasteiger charge is -2.27. The van der Waals surface area contributed by atoms with Crippen LogP contribution in [0.1, 0.15) is 24.1 Å². The first-order chi connectivity index (χ1) is 10.2. The van der Waals surface area contributed by atoms with Gasteiger partial charge in [0.25, 0.3) is 0 Å². The molecule has 116 valence electrons. The van der Waals surface area contributed by atoms with E-state index in [1.165, 1.54) is 11.3 Å². The average molecular weight is 329 g/mol. The second-order valence-corrected chi connectivity index (χ2v) is 7.61. The molecule has 1 aromatic heterocycles. The van der Waals surface area contributed by atoms with Crippen molar-refractivity contribution >= 4 is 29.0 Å². The minimum atomic E-state index is 0.0501. The summed E-state index contributed by atoms with van der Waals surface area (Å²) in [7, 11) is 0. The fourth-order valence-electron chi connectivity index (χ4n) is 3.27. The zero-order valence-electron chi connectivity index (χ0n) is 12.0. The van der Waals surface area contributed by atoms with Gasteiger partial charge in [-0.2, -0.15) is 0 Å². The Hall–Kier alpha value is -0.780. The molecule has 0 aromatic carbocycles. The monoisotopic (exact) mass is 328 g/mol. The van der Waals surface area contributed by atoms with Gasteiger partial charge < -0.3 is 15.0 Å². The maximum absolute atomic E-state index is 12.2. The Morgan fingerprint density at radius 3 is 2.86 bits per heavy atom. The quantitative estimate of drug-likeness (QED) is 0.924. The summed E-state index contributed by atoms with van der Waals surface area (Å²) >= 11 is 7.41. The molecule has 0 radical (unpaired) electrons. The number of nitrogens with one attached hydrogen (secondary N) is 1. The van der Waals surface area contributed by atoms with Crippen LogP contribution in [0.4, 0.5) is 4.79 Å². The number of hydrogen-bond acceptors (Lipinski definition) is 3. The predicted octanol–water partition coefficient (Wildman–Crippen LogP) is 3.36. The molecule has 2 fully saturated rings. The highest BCUT2D eigenvalue weighted by atomic mass is 35.5. The van der Waals surface area contributed by atoms with Crippen molar-refractivity contribution in [3.05, 3.63) is 21.3 Å². The highest BCUT2D eigenvalue weighted by Crippen LogP contribution is 2.31. The third-order valence-corrected chi connectivity index (χ3v) is 5.72. The molecule has 1 N–H and O–H groups in total. The Balaban J connectivity index is 1.45. The fraction of sp³-hybridized carbons (Fsp3) is 0.667. The number of rotatable bonds is 3. The number of hydrogen-bond donors (Lipinski definition) is 1. The maximum atomic E-state index is 12.2. The molecule has 0 bridgehead atoms. The highest BCUT2D eigenvalue weighted by molar-refractivity contribution is 7.16. The van der Waals surface area contributed by atoms with Gasteiger partial charge >= 0.3 is 6.03 Å². The van der Waals surface area contributed by atoms with Crippen molar-refractivity contribution in [3.8, 4) is 0 Å². The average Bonchev–Trinajstić information content (AvgIpc) is 3.15. The normalized spacial score (nSPS) is 23.5. The van der Waals surface area contributed by atoms with Gasteiger partial charge in [0, 0.05) is 31.2 Å². The zero-order valence-corrected chi connectivity index (χ0v) is 13.6. The first kappa shape index (κ1) is 15.1. The molecule has 2 saturated heterocycles. The molecular weight excluding hydrogens is 308 g/mol. The largest absolute Gasteiger partial charge is 0.381 e. The number of nitrogens with zero attached hydrogens (tertiary/aromatic N) is 1. The topological polar surface area (TPSA) is 41.6 Å². The van der Waals surface area contributed by atoms with Crippen LogP contribution in [-0.2, 0) is 11.3 Å². The molecule has 0 aliphatic carbocycles. The molecule has 4 nitrogen and oxygen atoms in total. The molecule has 21 heavy (non-hydrogen) atoms. The molecular formula is C15H21ClN2O2S. The second-order valence-electron chi connectivity index (χ2n) is 5.81. The predicted molar refractivity (Wildman–Crippen MR) is 84.8 cm³/mol. The van der Waals surface area contributed by atoms with E-state index in [1.54, 1.807) is 0 Å². The Labute approximate surface area is 134 Å². The van der Waals surface area contributed by atoms with Crippen molar-refractivity contribution < 1.29 is 9.53 Å². The van der Waals surface area contributed by atoms with Crippen molar-refractivity contribution in [3.63, 3.8) is 0 Å². The van der Waals surface area contributed by atoms with Crippen LogP contribution in [-0.4, -0.2) is 37.2 Å². The van der Waals surface area contributed by atoms with E-state index in [0.717, 1.165) is 60.7 Å². The summed E-state index contributed by atoms with van der Waals surface area (Å²) in [6.07, 6.45) is 3.42. The van der Waals surface area contributed by atoms with Gasteiger partial charge in [-0.25, -0.2) is 4.79 Å². The van der Waals surface area contributed by atoms with Gasteiger partial charge in [0.05, 0.1) is 10.9 Å². The summed E-state index contributed by atoms with van der Waals surface area (Å²) in [5, 5.41) is 2.99. The molecule has 2 amide bonds. The van der Waals surface area contributed by atoms with Crippen LogP contribution < -0.4 is 5.32 Å². The van der Waals surface area contributed by atoms with Crippen LogP contribution in [0.15, 0.2) is 12.1 Å². The molecule has 3 heterocycles. The Bertz CT molecular complexity index is 488. The first-order valence-corrected chi connectivity index (χ1v) is 8.76. The van der Waals surface area contributed by atoms with Gasteiger partial charge in [0.15, 0.2) is 0 Å². The van der Waals surface area contributed by atoms with Crippen LogP contribution in [0.5, 0.6) is 0 Å². The molecule has 6 heteroatoms. The maximum Gasteiger partial charge on any atom is 0.317 e. The standard InChI is InChI=1S/C15H21ClN2O2S/c16-14-2-1-13(21-14)9-17-15(19)18-6-3-12(10-18)11-4-7-20-8-5-11/h1-2,11-12H,3-10H2,(H,17,19)/t12-/m1/s1. The number of urea groups is 1. The lowest BCUT2D eigenvalue weighted by molar-refractivity contribution is 0.0484. The number of thiophene rings is 1. The Morgan fingerprint density at radius 2 is 2.14 bits per heavy atom. The molecule has 3 rings (SSSR count). The highest BCUT2D eigenvalue weighted by Gasteiger charge is 2.32. The van der Waals surface area contributed by atoms with E-state index in [4.69, 9.17) is 16.3 Å². The van der Waals surface area contributed by atoms with E-state index in [0.29, 0.717) is 12.5 Å². The van der Waals surface area contributed by atoms with Gasteiger partial charge in [0.2, 0.25) is 0 Å². The Morgan fingerprint density at radius 1 is 1.33 bits per heavy atom. The number of amides is 2. The summed E-state index contributed by atoms with van der Waals surface area (Å²) in [6, 6.07) is 3.88. The fourth-order valence-corrected chi connectivity index (χ4v) is 4.29. The molecule has 1 atom stereocenters. The lowest BCUT2D eigenvalue weighted by atomic mass is 9.85. The minimum Gasteiger partial charge on any atom is -0.381 e. The molecule has 0 unspecified atom stereocenters. The van der Waals surface area contributed by atoms with Crippen molar-refractivity contribution in [1.82, 2.24) is 10.2 Å².